The van der Waals surface area contributed by atoms with E-state index in [0.717, 1.165) is 29.5 Å². The molecule has 0 aliphatic carbocycles. The highest BCUT2D eigenvalue weighted by atomic mass is 32.2. The number of hydrogen-bond donors (Lipinski definition) is 8. The van der Waals surface area contributed by atoms with Crippen LogP contribution in [0.1, 0.15) is 50.9 Å². The summed E-state index contributed by atoms with van der Waals surface area (Å²) in [4.78, 5) is 61.9. The summed E-state index contributed by atoms with van der Waals surface area (Å²) in [6, 6.07) is 12.1. The van der Waals surface area contributed by atoms with Crippen LogP contribution in [0.3, 0.4) is 0 Å². The molecule has 0 aliphatic heterocycles. The summed E-state index contributed by atoms with van der Waals surface area (Å²) in [5.74, 6) is -5.85. The summed E-state index contributed by atoms with van der Waals surface area (Å²) in [5, 5.41) is 34.0. The Morgan fingerprint density at radius 2 is 1.61 bits per heavy atom. The number of hydrogen-bond acceptors (Lipinski definition) is 11. The van der Waals surface area contributed by atoms with Crippen molar-refractivity contribution in [2.24, 2.45) is 16.9 Å². The van der Waals surface area contributed by atoms with Gasteiger partial charge in [-0.1, -0.05) is 51.1 Å². The first-order chi connectivity index (χ1) is 27.9. The van der Waals surface area contributed by atoms with Gasteiger partial charge in [0.05, 0.1) is 38.6 Å². The molecule has 2 aromatic carbocycles. The molecule has 10 N–H and O–H groups in total. The van der Waals surface area contributed by atoms with Crippen molar-refractivity contribution in [3.8, 4) is 11.1 Å². The highest BCUT2D eigenvalue weighted by Crippen LogP contribution is 2.41. The molecule has 0 spiro atoms. The van der Waals surface area contributed by atoms with E-state index < -0.39 is 83.1 Å². The average Bonchev–Trinajstić information content (AvgIpc) is 3.58. The lowest BCUT2D eigenvalue weighted by molar-refractivity contribution is -0.139. The van der Waals surface area contributed by atoms with Gasteiger partial charge in [-0.05, 0) is 41.7 Å². The monoisotopic (exact) mass is 847 g/mol. The van der Waals surface area contributed by atoms with Crippen LogP contribution >= 0.6 is 11.8 Å². The van der Waals surface area contributed by atoms with Crippen LogP contribution in [-0.4, -0.2) is 124 Å². The van der Waals surface area contributed by atoms with E-state index in [0.29, 0.717) is 23.9 Å². The summed E-state index contributed by atoms with van der Waals surface area (Å²) >= 11 is 0.704. The molecule has 3 rings (SSSR count). The molecule has 59 heavy (non-hydrogen) atoms. The second-order valence-electron chi connectivity index (χ2n) is 14.9. The first-order valence-electron chi connectivity index (χ1n) is 18.9. The Labute approximate surface area is 346 Å². The van der Waals surface area contributed by atoms with E-state index in [-0.39, 0.29) is 57.3 Å². The fraction of sp³-hybridized carbons (Fsp3) is 0.475. The fourth-order valence-corrected chi connectivity index (χ4v) is 7.17. The van der Waals surface area contributed by atoms with Gasteiger partial charge in [0, 0.05) is 61.4 Å². The Balaban J connectivity index is 1.65. The lowest BCUT2D eigenvalue weighted by Crippen LogP contribution is -2.47. The minimum Gasteiger partial charge on any atom is -0.480 e. The molecule has 324 valence electrons. The van der Waals surface area contributed by atoms with Gasteiger partial charge in [-0.3, -0.25) is 28.9 Å². The third-order valence-electron chi connectivity index (χ3n) is 9.02. The zero-order valence-electron chi connectivity index (χ0n) is 33.4. The Morgan fingerprint density at radius 3 is 2.25 bits per heavy atom. The number of carboxylic acid groups (broad SMARTS) is 2. The third kappa shape index (κ3) is 16.0. The molecular weight excluding hydrogens is 793 g/mol. The molecule has 0 bridgehead atoms. The van der Waals surface area contributed by atoms with Crippen LogP contribution in [0.25, 0.3) is 11.1 Å². The van der Waals surface area contributed by atoms with Crippen LogP contribution in [0.4, 0.5) is 8.78 Å². The first-order valence-corrected chi connectivity index (χ1v) is 20.0. The van der Waals surface area contributed by atoms with E-state index in [9.17, 15) is 38.6 Å². The lowest BCUT2D eigenvalue weighted by Gasteiger charge is -2.41. The SMILES string of the molecule is CC(C)(C)[C@H](c1cc(-c2cc(F)ccc2F)cn1Cc1ccccc1)N(CC[C@H](N)C(=O)NCCNC(=O)CNC(=O)C[C@@H](SC[C@H](N)C(=O)O)C(=O)O)COCCO. The van der Waals surface area contributed by atoms with Crippen molar-refractivity contribution in [2.75, 3.05) is 51.9 Å². The molecule has 1 heterocycles. The normalized spacial score (nSPS) is 13.6. The van der Waals surface area contributed by atoms with Crippen LogP contribution in [0.15, 0.2) is 60.8 Å². The van der Waals surface area contributed by atoms with Crippen molar-refractivity contribution in [2.45, 2.75) is 63.5 Å². The van der Waals surface area contributed by atoms with Crippen LogP contribution in [0, 0.1) is 17.0 Å². The number of amides is 3. The van der Waals surface area contributed by atoms with Gasteiger partial charge in [-0.2, -0.15) is 0 Å². The molecule has 3 aromatic rings. The first kappa shape index (κ1) is 48.4. The highest BCUT2D eigenvalue weighted by molar-refractivity contribution is 8.00. The standard InChI is InChI=1S/C40H55F2N7O9S/c1-40(2,3)36(32-17-26(28-18-27(41)9-10-29(28)42)22-49(32)21-25-7-5-4-6-8-25)48(24-58-16-15-50)14-11-30(43)37(53)46-13-12-45-35(52)20-47-34(51)19-33(39(56)57)59-23-31(44)38(54)55/h4-10,17-18,22,30-31,33,36,50H,11-16,19-21,23-24,43-44H2,1-3H3,(H,45,52)(H,46,53)(H,47,51)(H,54,55)(H,56,57)/t30-,31-,33+,36-/m0/s1. The van der Waals surface area contributed by atoms with E-state index in [1.165, 1.54) is 0 Å². The van der Waals surface area contributed by atoms with Crippen LogP contribution < -0.4 is 27.4 Å². The molecule has 4 atom stereocenters. The number of nitrogens with one attached hydrogen (secondary N) is 3. The van der Waals surface area contributed by atoms with Crippen LogP contribution in [0.2, 0.25) is 0 Å². The van der Waals surface area contributed by atoms with E-state index in [2.05, 4.69) is 16.0 Å². The second-order valence-corrected chi connectivity index (χ2v) is 16.1. The molecule has 0 aliphatic rings. The summed E-state index contributed by atoms with van der Waals surface area (Å²) in [6.07, 6.45) is 1.45. The number of carbonyl (C=O) groups is 5. The van der Waals surface area contributed by atoms with Gasteiger partial charge >= 0.3 is 11.9 Å². The summed E-state index contributed by atoms with van der Waals surface area (Å²) in [6.45, 7) is 6.17. The number of carbonyl (C=O) groups excluding carboxylic acids is 3. The van der Waals surface area contributed by atoms with Gasteiger partial charge in [-0.25, -0.2) is 8.78 Å². The minimum absolute atomic E-state index is 0.00624. The molecule has 0 saturated carbocycles. The number of aromatic nitrogens is 1. The van der Waals surface area contributed by atoms with Crippen molar-refractivity contribution in [1.29, 1.82) is 0 Å². The maximum atomic E-state index is 15.1. The van der Waals surface area contributed by atoms with E-state index >= 15 is 4.39 Å². The Bertz CT molecular complexity index is 1860. The van der Waals surface area contributed by atoms with Crippen molar-refractivity contribution in [3.63, 3.8) is 0 Å². The Morgan fingerprint density at radius 1 is 0.915 bits per heavy atom. The van der Waals surface area contributed by atoms with Gasteiger partial charge < -0.3 is 52.0 Å². The maximum Gasteiger partial charge on any atom is 0.321 e. The number of rotatable bonds is 25. The van der Waals surface area contributed by atoms with Crippen LogP contribution in [0.5, 0.6) is 0 Å². The van der Waals surface area contributed by atoms with Gasteiger partial charge in [0.1, 0.15) is 22.9 Å². The van der Waals surface area contributed by atoms with Gasteiger partial charge in [0.2, 0.25) is 17.7 Å². The number of aliphatic hydroxyl groups excluding tert-OH is 1. The van der Waals surface area contributed by atoms with Crippen molar-refractivity contribution in [1.82, 2.24) is 25.4 Å². The minimum atomic E-state index is -1.33. The molecule has 0 unspecified atom stereocenters. The number of thioether (sulfide) groups is 1. The third-order valence-corrected chi connectivity index (χ3v) is 10.3. The number of aliphatic hydroxyl groups is 1. The number of nitrogens with zero attached hydrogens (tertiary/aromatic N) is 2. The smallest absolute Gasteiger partial charge is 0.321 e. The summed E-state index contributed by atoms with van der Waals surface area (Å²) in [5.41, 5.74) is 13.6. The molecule has 0 saturated heterocycles. The average molecular weight is 848 g/mol. The number of aliphatic carboxylic acids is 2. The zero-order valence-corrected chi connectivity index (χ0v) is 34.2. The lowest BCUT2D eigenvalue weighted by atomic mass is 9.83. The van der Waals surface area contributed by atoms with E-state index in [4.69, 9.17) is 21.3 Å². The molecule has 19 heteroatoms. The number of benzene rings is 2. The Kier molecular flexibility index (Phi) is 19.4. The van der Waals surface area contributed by atoms with E-state index in [1.54, 1.807) is 6.20 Å². The van der Waals surface area contributed by atoms with Crippen molar-refractivity contribution >= 4 is 41.4 Å². The molecular formula is C40H55F2N7O9S. The number of ether oxygens (including phenoxy) is 1. The molecule has 0 fully saturated rings. The molecule has 16 nitrogen and oxygen atoms in total. The van der Waals surface area contributed by atoms with Crippen molar-refractivity contribution in [3.05, 3.63) is 83.7 Å². The van der Waals surface area contributed by atoms with E-state index in [1.807, 2.05) is 66.6 Å². The highest BCUT2D eigenvalue weighted by Gasteiger charge is 2.35. The predicted molar refractivity (Wildman–Crippen MR) is 218 cm³/mol. The molecule has 3 amide bonds. The molecule has 1 aromatic heterocycles. The number of nitrogens with two attached hydrogens (primary N) is 2. The quantitative estimate of drug-likeness (QED) is 0.0449. The molecule has 0 radical (unpaired) electrons. The van der Waals surface area contributed by atoms with Crippen molar-refractivity contribution < 1.29 is 52.8 Å². The van der Waals surface area contributed by atoms with Gasteiger partial charge in [0.25, 0.3) is 0 Å². The second kappa shape index (κ2) is 23.6. The maximum absolute atomic E-state index is 15.1. The predicted octanol–water partition coefficient (Wildman–Crippen LogP) is 1.89. The Hall–Kier alpha value is -4.92. The topological polar surface area (TPSA) is 252 Å². The summed E-state index contributed by atoms with van der Waals surface area (Å²) < 4.78 is 37.2. The number of halogens is 2. The zero-order chi connectivity index (χ0) is 43.7. The van der Waals surface area contributed by atoms with Gasteiger partial charge in [0.15, 0.2) is 0 Å². The fourth-order valence-electron chi connectivity index (χ4n) is 6.18. The summed E-state index contributed by atoms with van der Waals surface area (Å²) in [7, 11) is 0. The van der Waals surface area contributed by atoms with Gasteiger partial charge in [-0.15, -0.1) is 11.8 Å². The largest absolute Gasteiger partial charge is 0.480 e. The van der Waals surface area contributed by atoms with Crippen LogP contribution in [-0.2, 0) is 35.3 Å². The number of carboxylic acids is 2.